The summed E-state index contributed by atoms with van der Waals surface area (Å²) < 4.78 is 0.755. The highest BCUT2D eigenvalue weighted by molar-refractivity contribution is 7.73. The molecule has 2 aromatic rings. The average Bonchev–Trinajstić information content (AvgIpc) is 2.56. The number of carbonyl (C=O) groups excluding carboxylic acids is 1. The van der Waals surface area contributed by atoms with Crippen LogP contribution in [0, 0.1) is 21.1 Å². The van der Waals surface area contributed by atoms with Crippen LogP contribution in [0.5, 0.6) is 0 Å². The molecule has 122 valence electrons. The van der Waals surface area contributed by atoms with E-state index in [1.165, 1.54) is 11.3 Å². The van der Waals surface area contributed by atoms with Crippen molar-refractivity contribution in [1.82, 2.24) is 0 Å². The van der Waals surface area contributed by atoms with Crippen LogP contribution in [0.4, 0.5) is 5.00 Å². The van der Waals surface area contributed by atoms with Crippen LogP contribution in [-0.4, -0.2) is 5.91 Å². The number of nitrogens with one attached hydrogen (secondary N) is 1. The summed E-state index contributed by atoms with van der Waals surface area (Å²) in [6, 6.07) is 9.09. The Morgan fingerprint density at radius 3 is 2.88 bits per heavy atom. The number of benzene rings is 1. The fourth-order valence-electron chi connectivity index (χ4n) is 2.96. The third-order valence-electron chi connectivity index (χ3n) is 4.23. The first-order chi connectivity index (χ1) is 11.5. The number of hydrogen-bond donors (Lipinski definition) is 1. The summed E-state index contributed by atoms with van der Waals surface area (Å²) in [6.07, 6.45) is 2.76. The van der Waals surface area contributed by atoms with Gasteiger partial charge in [0.15, 0.2) is 0 Å². The predicted molar refractivity (Wildman–Crippen MR) is 100 cm³/mol. The van der Waals surface area contributed by atoms with Gasteiger partial charge in [-0.2, -0.15) is 5.26 Å². The molecule has 1 aliphatic carbocycles. The van der Waals surface area contributed by atoms with Gasteiger partial charge in [0.25, 0.3) is 5.91 Å². The summed E-state index contributed by atoms with van der Waals surface area (Å²) >= 11 is 12.9. The molecule has 0 radical (unpaired) electrons. The third kappa shape index (κ3) is 3.23. The van der Waals surface area contributed by atoms with Crippen LogP contribution in [0.15, 0.2) is 24.3 Å². The lowest BCUT2D eigenvalue weighted by atomic mass is 9.85. The topological polar surface area (TPSA) is 52.9 Å². The smallest absolute Gasteiger partial charge is 0.257 e. The second-order valence-electron chi connectivity index (χ2n) is 5.94. The summed E-state index contributed by atoms with van der Waals surface area (Å²) in [7, 11) is 0. The Kier molecular flexibility index (Phi) is 5.00. The Bertz CT molecular complexity index is 914. The molecule has 0 saturated heterocycles. The van der Waals surface area contributed by atoms with Crippen LogP contribution in [-0.2, 0) is 12.8 Å². The van der Waals surface area contributed by atoms with Crippen molar-refractivity contribution in [3.05, 3.63) is 55.4 Å². The van der Waals surface area contributed by atoms with Crippen LogP contribution in [0.25, 0.3) is 0 Å². The van der Waals surface area contributed by atoms with Gasteiger partial charge in [-0.05, 0) is 48.4 Å². The minimum atomic E-state index is -0.327. The van der Waals surface area contributed by atoms with Gasteiger partial charge in [0.1, 0.15) is 11.1 Å². The zero-order valence-corrected chi connectivity index (χ0v) is 15.4. The van der Waals surface area contributed by atoms with Crippen molar-refractivity contribution in [2.75, 3.05) is 5.32 Å². The molecule has 3 nitrogen and oxygen atoms in total. The fraction of sp³-hybridized carbons (Fsp3) is 0.278. The third-order valence-corrected chi connectivity index (χ3v) is 6.00. The Morgan fingerprint density at radius 1 is 1.42 bits per heavy atom. The second kappa shape index (κ2) is 7.02. The van der Waals surface area contributed by atoms with E-state index in [9.17, 15) is 10.1 Å². The zero-order chi connectivity index (χ0) is 17.3. The molecule has 0 spiro atoms. The molecule has 3 rings (SSSR count). The molecule has 0 bridgehead atoms. The quantitative estimate of drug-likeness (QED) is 0.718. The Morgan fingerprint density at radius 2 is 2.17 bits per heavy atom. The van der Waals surface area contributed by atoms with Gasteiger partial charge in [-0.3, -0.25) is 4.79 Å². The van der Waals surface area contributed by atoms with Gasteiger partial charge in [0.2, 0.25) is 0 Å². The lowest BCUT2D eigenvalue weighted by Crippen LogP contribution is -2.17. The molecule has 1 amide bonds. The zero-order valence-electron chi connectivity index (χ0n) is 13.1. The first-order valence-corrected chi connectivity index (χ1v) is 9.26. The molecule has 1 atom stereocenters. The maximum absolute atomic E-state index is 12.5. The van der Waals surface area contributed by atoms with Crippen LogP contribution < -0.4 is 5.32 Å². The van der Waals surface area contributed by atoms with Crippen molar-refractivity contribution in [1.29, 1.82) is 5.26 Å². The van der Waals surface area contributed by atoms with Crippen molar-refractivity contribution in [2.45, 2.75) is 26.2 Å². The Balaban J connectivity index is 2.02. The Hall–Kier alpha value is -1.74. The minimum absolute atomic E-state index is 0.327. The molecular formula is C18H15ClN2OS2. The van der Waals surface area contributed by atoms with E-state index in [0.717, 1.165) is 34.2 Å². The highest BCUT2D eigenvalue weighted by Gasteiger charge is 2.23. The summed E-state index contributed by atoms with van der Waals surface area (Å²) in [5.74, 6) is 0.244. The molecule has 0 fully saturated rings. The van der Waals surface area contributed by atoms with Gasteiger partial charge in [-0.15, -0.1) is 11.3 Å². The lowest BCUT2D eigenvalue weighted by Gasteiger charge is -2.23. The first kappa shape index (κ1) is 17.1. The molecule has 1 aliphatic rings. The Labute approximate surface area is 154 Å². The summed E-state index contributed by atoms with van der Waals surface area (Å²) in [4.78, 5) is 12.5. The van der Waals surface area contributed by atoms with Crippen LogP contribution >= 0.6 is 35.2 Å². The van der Waals surface area contributed by atoms with E-state index < -0.39 is 0 Å². The largest absolute Gasteiger partial charge is 0.312 e. The highest BCUT2D eigenvalue weighted by Crippen LogP contribution is 2.36. The lowest BCUT2D eigenvalue weighted by molar-refractivity contribution is 0.102. The number of halogens is 1. The molecule has 0 aliphatic heterocycles. The standard InChI is InChI=1S/C18H15ClN2OS2/c1-10-6-7-11-13(8-10)18(23)24-17(14(11)9-20)21-16(22)12-4-2-3-5-15(12)19/h2-5,10H,6-8H2,1H3,(H,21,22). The first-order valence-electron chi connectivity index (χ1n) is 7.66. The number of nitrogens with zero attached hydrogens (tertiary/aromatic N) is 1. The number of fused-ring (bicyclic) bond motifs is 1. The monoisotopic (exact) mass is 374 g/mol. The van der Waals surface area contributed by atoms with Gasteiger partial charge in [0, 0.05) is 0 Å². The summed E-state index contributed by atoms with van der Waals surface area (Å²) in [6.45, 7) is 2.20. The molecule has 1 heterocycles. The van der Waals surface area contributed by atoms with Crippen molar-refractivity contribution < 1.29 is 4.79 Å². The van der Waals surface area contributed by atoms with E-state index in [1.807, 2.05) is 0 Å². The molecule has 0 saturated carbocycles. The van der Waals surface area contributed by atoms with Crippen molar-refractivity contribution in [3.8, 4) is 6.07 Å². The van der Waals surface area contributed by atoms with E-state index in [4.69, 9.17) is 23.8 Å². The number of amides is 1. The summed E-state index contributed by atoms with van der Waals surface area (Å²) in [5, 5.41) is 13.3. The molecule has 1 aromatic carbocycles. The van der Waals surface area contributed by atoms with E-state index in [1.54, 1.807) is 24.3 Å². The van der Waals surface area contributed by atoms with E-state index >= 15 is 0 Å². The SMILES string of the molecule is CC1CCc2c(C#N)c(NC(=O)c3ccccc3Cl)sc(=S)c2C1. The van der Waals surface area contributed by atoms with Gasteiger partial charge in [-0.25, -0.2) is 0 Å². The molecule has 24 heavy (non-hydrogen) atoms. The number of anilines is 1. The van der Waals surface area contributed by atoms with Crippen LogP contribution in [0.3, 0.4) is 0 Å². The second-order valence-corrected chi connectivity index (χ2v) is 8.04. The highest BCUT2D eigenvalue weighted by atomic mass is 35.5. The van der Waals surface area contributed by atoms with Crippen LogP contribution in [0.2, 0.25) is 5.02 Å². The summed E-state index contributed by atoms with van der Waals surface area (Å²) in [5.41, 5.74) is 3.01. The number of hydrogen-bond acceptors (Lipinski definition) is 4. The normalized spacial score (nSPS) is 16.1. The predicted octanol–water partition coefficient (Wildman–Crippen LogP) is 5.38. The molecular weight excluding hydrogens is 360 g/mol. The van der Waals surface area contributed by atoms with Gasteiger partial charge in [-0.1, -0.05) is 42.9 Å². The fourth-order valence-corrected chi connectivity index (χ4v) is 4.57. The van der Waals surface area contributed by atoms with Crippen LogP contribution in [0.1, 0.15) is 40.4 Å². The van der Waals surface area contributed by atoms with Gasteiger partial charge < -0.3 is 5.32 Å². The van der Waals surface area contributed by atoms with E-state index in [2.05, 4.69) is 18.3 Å². The molecule has 1 aromatic heterocycles. The van der Waals surface area contributed by atoms with Crippen molar-refractivity contribution >= 4 is 46.1 Å². The van der Waals surface area contributed by atoms with Crippen molar-refractivity contribution in [3.63, 3.8) is 0 Å². The minimum Gasteiger partial charge on any atom is -0.312 e. The maximum Gasteiger partial charge on any atom is 0.257 e. The molecule has 1 unspecified atom stereocenters. The van der Waals surface area contributed by atoms with Gasteiger partial charge in [0.05, 0.1) is 20.0 Å². The van der Waals surface area contributed by atoms with Gasteiger partial charge >= 0.3 is 0 Å². The number of rotatable bonds is 2. The average molecular weight is 375 g/mol. The van der Waals surface area contributed by atoms with Crippen molar-refractivity contribution in [2.24, 2.45) is 5.92 Å². The van der Waals surface area contributed by atoms with E-state index in [0.29, 0.717) is 27.1 Å². The van der Waals surface area contributed by atoms with E-state index in [-0.39, 0.29) is 5.91 Å². The maximum atomic E-state index is 12.5. The molecule has 6 heteroatoms. The number of nitriles is 1. The number of carbonyl (C=O) groups is 1. The molecule has 1 N–H and O–H groups in total.